The first-order valence-corrected chi connectivity index (χ1v) is 41.9. The van der Waals surface area contributed by atoms with Gasteiger partial charge in [-0.15, -0.1) is 0 Å². The number of ketones is 1. The average Bonchev–Trinajstić information content (AvgIpc) is 1.74. The summed E-state index contributed by atoms with van der Waals surface area (Å²) in [4.78, 5) is 17.1. The molecule has 0 radical (unpaired) electrons. The molecule has 0 saturated heterocycles. The van der Waals surface area contributed by atoms with Gasteiger partial charge in [0.2, 0.25) is 22.6 Å². The summed E-state index contributed by atoms with van der Waals surface area (Å²) < 4.78 is 89.6. The number of halogens is 1. The number of phenols is 4. The fourth-order valence-corrected chi connectivity index (χ4v) is 16.9. The van der Waals surface area contributed by atoms with Crippen LogP contribution in [-0.4, -0.2) is 133 Å². The van der Waals surface area contributed by atoms with Crippen LogP contribution in [0.25, 0.3) is 4.98 Å². The molecule has 4 N–H and O–H groups in total. The Labute approximate surface area is 722 Å². The van der Waals surface area contributed by atoms with E-state index < -0.39 is 37.4 Å². The highest BCUT2D eigenvalue weighted by Crippen LogP contribution is 2.50. The van der Waals surface area contributed by atoms with Crippen molar-refractivity contribution in [3.05, 3.63) is 298 Å². The molecule has 12 rings (SSSR count). The van der Waals surface area contributed by atoms with E-state index in [0.29, 0.717) is 70.4 Å². The monoisotopic (exact) mass is 1700 g/mol. The molecular formula is C98H114ClN4O18S+. The van der Waals surface area contributed by atoms with Crippen molar-refractivity contribution in [1.82, 2.24) is 0 Å². The molecule has 9 aromatic carbocycles. The number of likely N-dealkylation sites (N-methyl/N-ethyl adjacent to an activating group) is 1. The predicted molar refractivity (Wildman–Crippen MR) is 476 cm³/mol. The summed E-state index contributed by atoms with van der Waals surface area (Å²) in [7, 11) is 10.2. The number of methoxy groups -OCH3 is 7. The number of nitrogens with zero attached hydrogens (tertiary/aromatic N) is 4. The third-order valence-electron chi connectivity index (χ3n) is 22.5. The summed E-state index contributed by atoms with van der Waals surface area (Å²) >= 11 is 6.90. The second kappa shape index (κ2) is 41.6. The molecule has 3 aliphatic rings. The van der Waals surface area contributed by atoms with E-state index in [1.807, 2.05) is 57.2 Å². The zero-order valence-corrected chi connectivity index (χ0v) is 74.8. The molecule has 122 heavy (non-hydrogen) atoms. The molecule has 9 aromatic rings. The molecule has 646 valence electrons. The SMILES string of the molecule is CCOc1cc(OCC)c([N+]#N)c(OCC)c1.CN1C(=CC=C2CCC(C=CC3=[N+](C)c4ccccc4C3(C)C)=C2Cl)C(C)(C)c2ccccc21.COCc1cc(C(C)(C)c2ccc(C(C)(c3cc(COC)c(O)c(COC)c3)c3cc(COC)c(O)c(COC)c3)cc2)cc(COC)c1O.COc1cc(O)c(C(=O)c2ccccc2)cc1S(=O)(=O)[O-]. The zero-order chi connectivity index (χ0) is 89.2. The first-order valence-electron chi connectivity index (χ1n) is 40.2. The van der Waals surface area contributed by atoms with Crippen molar-refractivity contribution < 1.29 is 90.1 Å². The van der Waals surface area contributed by atoms with E-state index in [1.165, 1.54) is 57.2 Å². The summed E-state index contributed by atoms with van der Waals surface area (Å²) in [6.07, 6.45) is 11.0. The highest BCUT2D eigenvalue weighted by molar-refractivity contribution is 7.85. The molecule has 0 atom stereocenters. The van der Waals surface area contributed by atoms with Gasteiger partial charge in [-0.3, -0.25) is 4.79 Å². The van der Waals surface area contributed by atoms with Gasteiger partial charge in [0.15, 0.2) is 16.5 Å². The number of allylic oxidation sites excluding steroid dienone is 8. The molecule has 0 fully saturated rings. The fraction of sp³-hybridized carbons (Fsp3) is 0.347. The molecule has 24 heteroatoms. The number of hydrogen-bond donors (Lipinski definition) is 4. The number of carbonyl (C=O) groups is 1. The van der Waals surface area contributed by atoms with Gasteiger partial charge in [-0.1, -0.05) is 142 Å². The van der Waals surface area contributed by atoms with Crippen LogP contribution in [0.1, 0.15) is 170 Å². The van der Waals surface area contributed by atoms with Gasteiger partial charge in [-0.25, -0.2) is 8.42 Å². The topological polar surface area (TPSA) is 282 Å². The van der Waals surface area contributed by atoms with Crippen LogP contribution < -0.4 is 23.8 Å². The minimum absolute atomic E-state index is 0.0236. The zero-order valence-electron chi connectivity index (χ0n) is 73.3. The minimum atomic E-state index is -4.84. The predicted octanol–water partition coefficient (Wildman–Crippen LogP) is 20.0. The van der Waals surface area contributed by atoms with Crippen molar-refractivity contribution >= 4 is 50.3 Å². The van der Waals surface area contributed by atoms with Crippen LogP contribution in [0, 0.1) is 5.39 Å². The third kappa shape index (κ3) is 20.8. The Kier molecular flexibility index (Phi) is 32.3. The maximum absolute atomic E-state index is 12.2. The maximum Gasteiger partial charge on any atom is 0.467 e. The summed E-state index contributed by atoms with van der Waals surface area (Å²) in [5.41, 5.74) is 18.2. The molecule has 0 bridgehead atoms. The number of fused-ring (bicyclic) bond motifs is 2. The summed E-state index contributed by atoms with van der Waals surface area (Å²) in [5.74, 6) is 0.611. The van der Waals surface area contributed by atoms with Gasteiger partial charge in [0, 0.05) is 157 Å². The number of ether oxygens (including phenoxy) is 10. The highest BCUT2D eigenvalue weighted by Gasteiger charge is 2.44. The summed E-state index contributed by atoms with van der Waals surface area (Å²) in [5, 5.41) is 52.9. The lowest BCUT2D eigenvalue weighted by Crippen LogP contribution is -2.27. The van der Waals surface area contributed by atoms with E-state index in [4.69, 9.17) is 64.4 Å². The number of diazo groups is 1. The summed E-state index contributed by atoms with van der Waals surface area (Å²) in [6, 6.07) is 50.9. The van der Waals surface area contributed by atoms with Gasteiger partial charge >= 0.3 is 5.69 Å². The third-order valence-corrected chi connectivity index (χ3v) is 23.9. The van der Waals surface area contributed by atoms with E-state index >= 15 is 0 Å². The van der Waals surface area contributed by atoms with Crippen LogP contribution in [0.5, 0.6) is 46.0 Å². The van der Waals surface area contributed by atoms with E-state index in [9.17, 15) is 38.2 Å². The van der Waals surface area contributed by atoms with Crippen molar-refractivity contribution in [2.45, 2.75) is 148 Å². The van der Waals surface area contributed by atoms with E-state index in [1.54, 1.807) is 73.0 Å². The minimum Gasteiger partial charge on any atom is -0.744 e. The highest BCUT2D eigenvalue weighted by atomic mass is 35.5. The molecule has 0 spiro atoms. The van der Waals surface area contributed by atoms with Gasteiger partial charge in [-0.2, -0.15) is 4.58 Å². The second-order valence-corrected chi connectivity index (χ2v) is 33.1. The largest absolute Gasteiger partial charge is 0.744 e. The van der Waals surface area contributed by atoms with E-state index in [0.717, 1.165) is 64.9 Å². The van der Waals surface area contributed by atoms with Crippen LogP contribution in [0.2, 0.25) is 0 Å². The van der Waals surface area contributed by atoms with Gasteiger partial charge in [0.1, 0.15) is 51.7 Å². The number of anilines is 1. The Morgan fingerprint density at radius 2 is 1.01 bits per heavy atom. The molecule has 0 unspecified atom stereocenters. The van der Waals surface area contributed by atoms with Gasteiger partial charge < -0.3 is 77.2 Å². The van der Waals surface area contributed by atoms with E-state index in [2.05, 4.69) is 174 Å². The molecule has 0 aromatic heterocycles. The Balaban J connectivity index is 0.000000201. The lowest BCUT2D eigenvalue weighted by Gasteiger charge is -2.35. The van der Waals surface area contributed by atoms with Crippen LogP contribution >= 0.6 is 11.6 Å². The first-order chi connectivity index (χ1) is 58.1. The van der Waals surface area contributed by atoms with Crippen molar-refractivity contribution in [1.29, 1.82) is 5.39 Å². The Morgan fingerprint density at radius 1 is 0.557 bits per heavy atom. The van der Waals surface area contributed by atoms with Crippen molar-refractivity contribution in [2.75, 3.05) is 88.6 Å². The average molecular weight is 1700 g/mol. The second-order valence-electron chi connectivity index (χ2n) is 31.4. The molecule has 0 amide bonds. The number of para-hydroxylation sites is 2. The van der Waals surface area contributed by atoms with Gasteiger partial charge in [-0.05, 0) is 154 Å². The van der Waals surface area contributed by atoms with Crippen LogP contribution in [0.15, 0.2) is 215 Å². The number of benzene rings is 9. The Morgan fingerprint density at radius 3 is 1.45 bits per heavy atom. The molecule has 2 heterocycles. The van der Waals surface area contributed by atoms with Gasteiger partial charge in [0.25, 0.3) is 0 Å². The number of carbonyl (C=O) groups excluding carboxylic acids is 1. The van der Waals surface area contributed by atoms with Crippen LogP contribution in [0.3, 0.4) is 0 Å². The maximum atomic E-state index is 12.2. The van der Waals surface area contributed by atoms with Crippen LogP contribution in [0.4, 0.5) is 17.1 Å². The lowest BCUT2D eigenvalue weighted by molar-refractivity contribution is -0.401. The van der Waals surface area contributed by atoms with E-state index in [-0.39, 0.29) is 90.3 Å². The number of rotatable bonds is 30. The number of phenolic OH excluding ortho intramolecular Hbond substituents is 4. The van der Waals surface area contributed by atoms with Crippen molar-refractivity contribution in [2.24, 2.45) is 0 Å². The Hall–Kier alpha value is -11.1. The molecule has 22 nitrogen and oxygen atoms in total. The molecule has 2 aliphatic heterocycles. The standard InChI is InChI=1S/C41H52O9.C31H34ClN2.C14H12O6S.C12H17N2O3/c1-40(2,34-14-26(20-45-4)37(42)27(15-34)21-46-5)32-10-12-33(13-11-32)41(3,35-16-28(22-47-6)38(43)29(17-35)23-48-7)36-18-30(24-49-8)39(44)31(19-36)25-50-9;1-30(2)23-11-7-9-13-25(23)33(5)27(30)19-17-21-15-16-22(29(21)32)18-20-28-31(3,4)24-12-8-10-14-26(24)34(28)6;1-20-12-8-11(15)10(7-13(12)21(17,18)19)14(16)9-5-3-2-4-6-9;1-4-15-9-7-10(16-5-2)12(14-13)11(8-9)17-6-3/h10-19,42-44H,20-25H2,1-9H3;7-14,17-20H,15-16H2,1-6H3;2-8,15H,1H3,(H,17,18,19);7-8H,4-6H2,1-3H3/q;+1;;+1/p-1. The molecular weight excluding hydrogens is 1590 g/mol. The lowest BCUT2D eigenvalue weighted by atomic mass is 9.68. The summed E-state index contributed by atoms with van der Waals surface area (Å²) in [6.45, 7) is 24.1. The molecule has 1 aliphatic carbocycles. The quantitative estimate of drug-likeness (QED) is 0.0107. The number of aromatic hydroxyl groups is 4. The van der Waals surface area contributed by atoms with Crippen molar-refractivity contribution in [3.63, 3.8) is 0 Å². The smallest absolute Gasteiger partial charge is 0.467 e. The van der Waals surface area contributed by atoms with Crippen molar-refractivity contribution in [3.8, 4) is 46.0 Å². The normalized spacial score (nSPS) is 14.6. The number of hydrogen-bond acceptors (Lipinski definition) is 20. The molecule has 0 saturated carbocycles. The van der Waals surface area contributed by atoms with Crippen LogP contribution in [-0.2, 0) is 99.8 Å². The fourth-order valence-electron chi connectivity index (χ4n) is 15.9. The first kappa shape index (κ1) is 94.7. The Bertz CT molecular complexity index is 5400. The van der Waals surface area contributed by atoms with Gasteiger partial charge in [0.05, 0.1) is 82.4 Å².